The molecule has 3 rings (SSSR count). The highest BCUT2D eigenvalue weighted by Crippen LogP contribution is 2.20. The zero-order chi connectivity index (χ0) is 21.5. The van der Waals surface area contributed by atoms with Crippen molar-refractivity contribution >= 4 is 23.4 Å². The van der Waals surface area contributed by atoms with Crippen molar-refractivity contribution in [2.45, 2.75) is 31.3 Å². The number of carbonyl (C=O) groups excluding carboxylic acids is 1. The van der Waals surface area contributed by atoms with Gasteiger partial charge in [-0.05, 0) is 55.2 Å². The van der Waals surface area contributed by atoms with Crippen LogP contribution < -0.4 is 10.1 Å². The van der Waals surface area contributed by atoms with E-state index in [0.717, 1.165) is 30.8 Å². The van der Waals surface area contributed by atoms with E-state index in [1.54, 1.807) is 19.2 Å². The number of benzene rings is 2. The van der Waals surface area contributed by atoms with Crippen LogP contribution in [0.1, 0.15) is 23.4 Å². The fourth-order valence-electron chi connectivity index (χ4n) is 3.08. The molecule has 0 aliphatic heterocycles. The number of aromatic nitrogens is 3. The summed E-state index contributed by atoms with van der Waals surface area (Å²) in [5.41, 5.74) is 2.68. The summed E-state index contributed by atoms with van der Waals surface area (Å²) in [5.74, 6) is 1.13. The van der Waals surface area contributed by atoms with Crippen molar-refractivity contribution in [2.24, 2.45) is 7.05 Å². The number of carbonyl (C=O) groups is 1. The third-order valence-corrected chi connectivity index (χ3v) is 5.82. The second-order valence-electron chi connectivity index (χ2n) is 6.92. The minimum atomic E-state index is -0.455. The maximum Gasteiger partial charge on any atom is 0.234 e. The number of hydrogen-bond donors (Lipinski definition) is 1. The quantitative estimate of drug-likeness (QED) is 0.518. The van der Waals surface area contributed by atoms with Crippen LogP contribution in [0.2, 0.25) is 0 Å². The minimum Gasteiger partial charge on any atom is -0.497 e. The Morgan fingerprint density at radius 1 is 1.20 bits per heavy atom. The molecule has 0 atom stereocenters. The van der Waals surface area contributed by atoms with E-state index in [1.165, 1.54) is 35.0 Å². The number of hydrogen-bond acceptors (Lipinski definition) is 5. The van der Waals surface area contributed by atoms with Gasteiger partial charge in [-0.25, -0.2) is 4.39 Å². The zero-order valence-corrected chi connectivity index (χ0v) is 18.1. The Morgan fingerprint density at radius 3 is 2.73 bits per heavy atom. The Morgan fingerprint density at radius 2 is 2.00 bits per heavy atom. The fourth-order valence-corrected chi connectivity index (χ4v) is 3.81. The van der Waals surface area contributed by atoms with Crippen molar-refractivity contribution in [2.75, 3.05) is 18.2 Å². The second-order valence-corrected chi connectivity index (χ2v) is 7.86. The molecule has 1 N–H and O–H groups in total. The molecule has 0 unspecified atom stereocenters. The summed E-state index contributed by atoms with van der Waals surface area (Å²) in [6.07, 6.45) is 2.67. The van der Waals surface area contributed by atoms with Crippen molar-refractivity contribution in [3.05, 3.63) is 65.2 Å². The van der Waals surface area contributed by atoms with Gasteiger partial charge in [0, 0.05) is 13.5 Å². The average molecular weight is 429 g/mol. The SMILES string of the molecule is COc1ccc(CCCc2nnc(SCC(=O)Nc3ccccc3F)n2C)c(C)c1. The van der Waals surface area contributed by atoms with Crippen LogP contribution in [0.5, 0.6) is 5.75 Å². The van der Waals surface area contributed by atoms with Crippen molar-refractivity contribution < 1.29 is 13.9 Å². The Balaban J connectivity index is 1.49. The first-order chi connectivity index (χ1) is 14.5. The van der Waals surface area contributed by atoms with E-state index in [4.69, 9.17) is 4.74 Å². The molecule has 3 aromatic rings. The lowest BCUT2D eigenvalue weighted by molar-refractivity contribution is -0.113. The Bertz CT molecular complexity index is 1020. The number of nitrogens with zero attached hydrogens (tertiary/aromatic N) is 3. The van der Waals surface area contributed by atoms with Gasteiger partial charge in [0.25, 0.3) is 0 Å². The van der Waals surface area contributed by atoms with Gasteiger partial charge in [0.1, 0.15) is 17.4 Å². The van der Waals surface area contributed by atoms with Gasteiger partial charge in [0.2, 0.25) is 5.91 Å². The van der Waals surface area contributed by atoms with E-state index >= 15 is 0 Å². The monoisotopic (exact) mass is 428 g/mol. The third kappa shape index (κ3) is 5.60. The topological polar surface area (TPSA) is 69.0 Å². The van der Waals surface area contributed by atoms with Gasteiger partial charge < -0.3 is 14.6 Å². The van der Waals surface area contributed by atoms with E-state index in [-0.39, 0.29) is 17.3 Å². The summed E-state index contributed by atoms with van der Waals surface area (Å²) >= 11 is 1.28. The molecular formula is C22H25FN4O2S. The van der Waals surface area contributed by atoms with Gasteiger partial charge in [0.05, 0.1) is 18.6 Å². The van der Waals surface area contributed by atoms with Gasteiger partial charge in [-0.1, -0.05) is 30.0 Å². The van der Waals surface area contributed by atoms with Crippen LogP contribution in [0.25, 0.3) is 0 Å². The summed E-state index contributed by atoms with van der Waals surface area (Å²) in [7, 11) is 3.56. The van der Waals surface area contributed by atoms with Crippen LogP contribution >= 0.6 is 11.8 Å². The van der Waals surface area contributed by atoms with Crippen LogP contribution in [-0.4, -0.2) is 33.5 Å². The summed E-state index contributed by atoms with van der Waals surface area (Å²) < 4.78 is 20.8. The number of ether oxygens (including phenoxy) is 1. The molecule has 8 heteroatoms. The zero-order valence-electron chi connectivity index (χ0n) is 17.3. The molecule has 1 heterocycles. The molecule has 0 radical (unpaired) electrons. The maximum atomic E-state index is 13.6. The van der Waals surface area contributed by atoms with Crippen molar-refractivity contribution in [1.82, 2.24) is 14.8 Å². The van der Waals surface area contributed by atoms with Crippen molar-refractivity contribution in [1.29, 1.82) is 0 Å². The highest BCUT2D eigenvalue weighted by Gasteiger charge is 2.13. The molecule has 0 saturated heterocycles. The molecule has 0 fully saturated rings. The summed E-state index contributed by atoms with van der Waals surface area (Å²) in [6, 6.07) is 12.2. The second kappa shape index (κ2) is 10.2. The maximum absolute atomic E-state index is 13.6. The van der Waals surface area contributed by atoms with E-state index < -0.39 is 5.82 Å². The first-order valence-corrected chi connectivity index (χ1v) is 10.7. The highest BCUT2D eigenvalue weighted by molar-refractivity contribution is 7.99. The predicted molar refractivity (Wildman–Crippen MR) is 117 cm³/mol. The molecule has 6 nitrogen and oxygen atoms in total. The Labute approximate surface area is 179 Å². The van der Waals surface area contributed by atoms with Crippen LogP contribution in [-0.2, 0) is 24.7 Å². The predicted octanol–water partition coefficient (Wildman–Crippen LogP) is 4.18. The lowest BCUT2D eigenvalue weighted by atomic mass is 10.0. The average Bonchev–Trinajstić information content (AvgIpc) is 3.09. The van der Waals surface area contributed by atoms with Gasteiger partial charge >= 0.3 is 0 Å². The first kappa shape index (κ1) is 21.8. The van der Waals surface area contributed by atoms with Crippen molar-refractivity contribution in [3.8, 4) is 5.75 Å². The third-order valence-electron chi connectivity index (χ3n) is 4.80. The number of halogens is 1. The summed E-state index contributed by atoms with van der Waals surface area (Å²) in [6.45, 7) is 2.08. The standard InChI is InChI=1S/C22H25FN4O2S/c1-15-13-17(29-3)12-11-16(15)7-6-10-20-25-26-22(27(20)2)30-14-21(28)24-19-9-5-4-8-18(19)23/h4-5,8-9,11-13H,6-7,10,14H2,1-3H3,(H,24,28). The van der Waals surface area contributed by atoms with Crippen LogP contribution in [0, 0.1) is 12.7 Å². The molecule has 1 aromatic heterocycles. The summed E-state index contributed by atoms with van der Waals surface area (Å²) in [4.78, 5) is 12.1. The molecule has 2 aromatic carbocycles. The number of thioether (sulfide) groups is 1. The molecule has 0 aliphatic carbocycles. The van der Waals surface area contributed by atoms with Crippen LogP contribution in [0.15, 0.2) is 47.6 Å². The van der Waals surface area contributed by atoms with E-state index in [9.17, 15) is 9.18 Å². The molecular weight excluding hydrogens is 403 g/mol. The van der Waals surface area contributed by atoms with Crippen molar-refractivity contribution in [3.63, 3.8) is 0 Å². The number of rotatable bonds is 9. The molecule has 158 valence electrons. The molecule has 30 heavy (non-hydrogen) atoms. The molecule has 0 bridgehead atoms. The van der Waals surface area contributed by atoms with E-state index in [2.05, 4.69) is 28.5 Å². The van der Waals surface area contributed by atoms with E-state index in [1.807, 2.05) is 23.7 Å². The smallest absolute Gasteiger partial charge is 0.234 e. The molecule has 1 amide bonds. The van der Waals surface area contributed by atoms with Gasteiger partial charge in [0.15, 0.2) is 5.16 Å². The Hall–Kier alpha value is -2.87. The van der Waals surface area contributed by atoms with E-state index in [0.29, 0.717) is 5.16 Å². The normalized spacial score (nSPS) is 10.8. The van der Waals surface area contributed by atoms with Crippen LogP contribution in [0.3, 0.4) is 0 Å². The highest BCUT2D eigenvalue weighted by atomic mass is 32.2. The molecule has 0 aliphatic rings. The van der Waals surface area contributed by atoms with Crippen LogP contribution in [0.4, 0.5) is 10.1 Å². The summed E-state index contributed by atoms with van der Waals surface area (Å²) in [5, 5.41) is 11.7. The fraction of sp³-hybridized carbons (Fsp3) is 0.318. The lowest BCUT2D eigenvalue weighted by Crippen LogP contribution is -2.15. The number of nitrogens with one attached hydrogen (secondary N) is 1. The largest absolute Gasteiger partial charge is 0.497 e. The number of amides is 1. The number of methoxy groups -OCH3 is 1. The number of aryl methyl sites for hydroxylation is 3. The van der Waals surface area contributed by atoms with Gasteiger partial charge in [-0.3, -0.25) is 4.79 Å². The van der Waals surface area contributed by atoms with Gasteiger partial charge in [-0.2, -0.15) is 0 Å². The first-order valence-electron chi connectivity index (χ1n) is 9.67. The number of para-hydroxylation sites is 1. The number of anilines is 1. The molecule has 0 saturated carbocycles. The van der Waals surface area contributed by atoms with Gasteiger partial charge in [-0.15, -0.1) is 10.2 Å². The Kier molecular flexibility index (Phi) is 7.46. The minimum absolute atomic E-state index is 0.130. The lowest BCUT2D eigenvalue weighted by Gasteiger charge is -2.08. The molecule has 0 spiro atoms.